The van der Waals surface area contributed by atoms with E-state index in [1.165, 1.54) is 45.4 Å². The van der Waals surface area contributed by atoms with Crippen molar-refractivity contribution in [3.8, 4) is 0 Å². The molecule has 0 aromatic carbocycles. The zero-order chi connectivity index (χ0) is 12.2. The first-order chi connectivity index (χ1) is 7.66. The number of hydrogen-bond acceptors (Lipinski definition) is 3. The molecule has 0 bridgehead atoms. The highest BCUT2D eigenvalue weighted by Crippen LogP contribution is 2.09. The maximum atomic E-state index is 11.0. The van der Waals surface area contributed by atoms with Crippen LogP contribution in [-0.4, -0.2) is 11.9 Å². The molecule has 0 N–H and O–H groups in total. The Hall–Kier alpha value is -0.860. The van der Waals surface area contributed by atoms with Crippen molar-refractivity contribution >= 4 is 11.9 Å². The third kappa shape index (κ3) is 11.2. The molecule has 0 fully saturated rings. The van der Waals surface area contributed by atoms with E-state index in [1.54, 1.807) is 0 Å². The lowest BCUT2D eigenvalue weighted by molar-refractivity contribution is -0.158. The van der Waals surface area contributed by atoms with E-state index in [4.69, 9.17) is 0 Å². The highest BCUT2D eigenvalue weighted by Gasteiger charge is 2.04. The molecule has 0 saturated heterocycles. The van der Waals surface area contributed by atoms with Gasteiger partial charge in [0.25, 0.3) is 0 Å². The number of hydrogen-bond donors (Lipinski definition) is 0. The minimum absolute atomic E-state index is 0.370. The molecule has 0 amide bonds. The van der Waals surface area contributed by atoms with Gasteiger partial charge in [0.05, 0.1) is 0 Å². The van der Waals surface area contributed by atoms with Gasteiger partial charge in [-0.1, -0.05) is 51.9 Å². The summed E-state index contributed by atoms with van der Waals surface area (Å²) >= 11 is 0. The van der Waals surface area contributed by atoms with Gasteiger partial charge in [-0.3, -0.25) is 9.59 Å². The molecule has 0 atom stereocenters. The Labute approximate surface area is 98.6 Å². The molecular formula is C13H24O3. The average Bonchev–Trinajstić information content (AvgIpc) is 2.21. The number of unbranched alkanes of at least 4 members (excludes halogenated alkanes) is 7. The molecule has 0 unspecified atom stereocenters. The van der Waals surface area contributed by atoms with Gasteiger partial charge in [-0.15, -0.1) is 0 Å². The Morgan fingerprint density at radius 1 is 0.875 bits per heavy atom. The maximum absolute atomic E-state index is 11.0. The Bertz CT molecular complexity index is 199. The van der Waals surface area contributed by atoms with E-state index in [-0.39, 0.29) is 0 Å². The predicted octanol–water partition coefficient (Wildman–Crippen LogP) is 3.61. The van der Waals surface area contributed by atoms with Crippen LogP contribution in [0.3, 0.4) is 0 Å². The SMILES string of the molecule is CCCCCCCCCCC(=O)OC(C)=O. The normalized spacial score (nSPS) is 10.1. The Kier molecular flexibility index (Phi) is 10.1. The van der Waals surface area contributed by atoms with E-state index in [0.29, 0.717) is 6.42 Å². The second-order valence-corrected chi connectivity index (χ2v) is 4.19. The van der Waals surface area contributed by atoms with Crippen LogP contribution in [0.2, 0.25) is 0 Å². The van der Waals surface area contributed by atoms with Gasteiger partial charge < -0.3 is 4.74 Å². The van der Waals surface area contributed by atoms with E-state index in [9.17, 15) is 9.59 Å². The summed E-state index contributed by atoms with van der Waals surface area (Å²) in [6.45, 7) is 3.46. The lowest BCUT2D eigenvalue weighted by Gasteiger charge is -2.01. The topological polar surface area (TPSA) is 43.4 Å². The summed E-state index contributed by atoms with van der Waals surface area (Å²) in [5.74, 6) is -0.900. The van der Waals surface area contributed by atoms with E-state index in [1.807, 2.05) is 0 Å². The van der Waals surface area contributed by atoms with Crippen molar-refractivity contribution in [2.45, 2.75) is 71.6 Å². The molecule has 0 aliphatic rings. The Morgan fingerprint density at radius 2 is 1.38 bits per heavy atom. The van der Waals surface area contributed by atoms with Gasteiger partial charge in [-0.2, -0.15) is 0 Å². The minimum atomic E-state index is -0.510. The van der Waals surface area contributed by atoms with Crippen LogP contribution in [0, 0.1) is 0 Å². The van der Waals surface area contributed by atoms with E-state index < -0.39 is 11.9 Å². The molecule has 0 aliphatic carbocycles. The van der Waals surface area contributed by atoms with Crippen molar-refractivity contribution in [1.29, 1.82) is 0 Å². The first-order valence-corrected chi connectivity index (χ1v) is 6.38. The molecule has 16 heavy (non-hydrogen) atoms. The summed E-state index contributed by atoms with van der Waals surface area (Å²) in [6, 6.07) is 0. The highest BCUT2D eigenvalue weighted by atomic mass is 16.6. The molecule has 0 saturated carbocycles. The van der Waals surface area contributed by atoms with E-state index in [2.05, 4.69) is 11.7 Å². The number of ether oxygens (including phenoxy) is 1. The van der Waals surface area contributed by atoms with Crippen molar-refractivity contribution in [1.82, 2.24) is 0 Å². The third-order valence-electron chi connectivity index (χ3n) is 2.49. The second kappa shape index (κ2) is 10.7. The smallest absolute Gasteiger partial charge is 0.313 e. The molecule has 0 rings (SSSR count). The number of rotatable bonds is 9. The van der Waals surface area contributed by atoms with E-state index in [0.717, 1.165) is 12.8 Å². The van der Waals surface area contributed by atoms with Crippen molar-refractivity contribution in [3.05, 3.63) is 0 Å². The van der Waals surface area contributed by atoms with Crippen molar-refractivity contribution in [2.24, 2.45) is 0 Å². The lowest BCUT2D eigenvalue weighted by Crippen LogP contribution is -2.08. The van der Waals surface area contributed by atoms with Crippen molar-refractivity contribution in [3.63, 3.8) is 0 Å². The van der Waals surface area contributed by atoms with Gasteiger partial charge >= 0.3 is 11.9 Å². The number of esters is 2. The summed E-state index contributed by atoms with van der Waals surface area (Å²) in [6.07, 6.45) is 9.91. The van der Waals surface area contributed by atoms with Crippen LogP contribution in [0.5, 0.6) is 0 Å². The molecule has 94 valence electrons. The summed E-state index contributed by atoms with van der Waals surface area (Å²) < 4.78 is 4.43. The summed E-state index contributed by atoms with van der Waals surface area (Å²) in [5.41, 5.74) is 0. The third-order valence-corrected chi connectivity index (χ3v) is 2.49. The first-order valence-electron chi connectivity index (χ1n) is 6.38. The fraction of sp³-hybridized carbons (Fsp3) is 0.846. The van der Waals surface area contributed by atoms with Crippen LogP contribution in [0.1, 0.15) is 71.6 Å². The van der Waals surface area contributed by atoms with Crippen LogP contribution in [0.4, 0.5) is 0 Å². The summed E-state index contributed by atoms with van der Waals surface area (Å²) in [7, 11) is 0. The molecule has 0 radical (unpaired) electrons. The van der Waals surface area contributed by atoms with Gasteiger partial charge in [0.15, 0.2) is 0 Å². The lowest BCUT2D eigenvalue weighted by atomic mass is 10.1. The van der Waals surface area contributed by atoms with Gasteiger partial charge in [0, 0.05) is 13.3 Å². The van der Waals surface area contributed by atoms with Gasteiger partial charge in [-0.25, -0.2) is 0 Å². The van der Waals surface area contributed by atoms with Gasteiger partial charge in [-0.05, 0) is 6.42 Å². The molecule has 3 nitrogen and oxygen atoms in total. The predicted molar refractivity (Wildman–Crippen MR) is 64.0 cm³/mol. The van der Waals surface area contributed by atoms with Crippen LogP contribution in [0.15, 0.2) is 0 Å². The Balaban J connectivity index is 3.14. The zero-order valence-electron chi connectivity index (χ0n) is 10.6. The summed E-state index contributed by atoms with van der Waals surface area (Å²) in [4.78, 5) is 21.4. The molecule has 0 aromatic rings. The van der Waals surface area contributed by atoms with Gasteiger partial charge in [0.2, 0.25) is 0 Å². The molecule has 0 heterocycles. The molecule has 3 heteroatoms. The maximum Gasteiger partial charge on any atom is 0.313 e. The quantitative estimate of drug-likeness (QED) is 0.344. The van der Waals surface area contributed by atoms with Crippen molar-refractivity contribution < 1.29 is 14.3 Å². The summed E-state index contributed by atoms with van der Waals surface area (Å²) in [5, 5.41) is 0. The fourth-order valence-electron chi connectivity index (χ4n) is 1.61. The van der Waals surface area contributed by atoms with Crippen molar-refractivity contribution in [2.75, 3.05) is 0 Å². The molecule has 0 aliphatic heterocycles. The van der Waals surface area contributed by atoms with E-state index >= 15 is 0 Å². The highest BCUT2D eigenvalue weighted by molar-refractivity contribution is 5.83. The zero-order valence-corrected chi connectivity index (χ0v) is 10.6. The van der Waals surface area contributed by atoms with Crippen LogP contribution in [0.25, 0.3) is 0 Å². The van der Waals surface area contributed by atoms with Gasteiger partial charge in [0.1, 0.15) is 0 Å². The number of carbonyl (C=O) groups excluding carboxylic acids is 2. The van der Waals surface area contributed by atoms with Crippen LogP contribution < -0.4 is 0 Å². The first kappa shape index (κ1) is 15.1. The molecular weight excluding hydrogens is 204 g/mol. The van der Waals surface area contributed by atoms with Crippen LogP contribution in [-0.2, 0) is 14.3 Å². The fourth-order valence-corrected chi connectivity index (χ4v) is 1.61. The Morgan fingerprint density at radius 3 is 1.88 bits per heavy atom. The largest absolute Gasteiger partial charge is 0.393 e. The molecule has 0 aromatic heterocycles. The number of carbonyl (C=O) groups is 2. The second-order valence-electron chi connectivity index (χ2n) is 4.19. The standard InChI is InChI=1S/C13H24O3/c1-3-4-5-6-7-8-9-10-11-13(15)16-12(2)14/h3-11H2,1-2H3. The molecule has 0 spiro atoms. The minimum Gasteiger partial charge on any atom is -0.393 e. The van der Waals surface area contributed by atoms with Crippen LogP contribution >= 0.6 is 0 Å². The average molecular weight is 228 g/mol. The monoisotopic (exact) mass is 228 g/mol.